The van der Waals surface area contributed by atoms with Crippen LogP contribution in [0.15, 0.2) is 0 Å². The lowest BCUT2D eigenvalue weighted by Gasteiger charge is -2.38. The maximum atomic E-state index is 3.50. The summed E-state index contributed by atoms with van der Waals surface area (Å²) in [6, 6.07) is 0.744. The fraction of sp³-hybridized carbons (Fsp3) is 1.00. The van der Waals surface area contributed by atoms with Gasteiger partial charge in [0.1, 0.15) is 0 Å². The van der Waals surface area contributed by atoms with Crippen molar-refractivity contribution in [2.75, 3.05) is 26.2 Å². The van der Waals surface area contributed by atoms with E-state index in [0.29, 0.717) is 5.41 Å². The van der Waals surface area contributed by atoms with Gasteiger partial charge in [0.25, 0.3) is 0 Å². The first-order chi connectivity index (χ1) is 8.36. The van der Waals surface area contributed by atoms with Gasteiger partial charge in [0.05, 0.1) is 0 Å². The van der Waals surface area contributed by atoms with Crippen molar-refractivity contribution in [3.05, 3.63) is 0 Å². The lowest BCUT2D eigenvalue weighted by atomic mass is 9.91. The average molecular weight is 256 g/mol. The second-order valence-electron chi connectivity index (χ2n) is 6.74. The maximum absolute atomic E-state index is 3.50. The molecule has 0 atom stereocenters. The van der Waals surface area contributed by atoms with Crippen molar-refractivity contribution in [1.82, 2.24) is 10.2 Å². The summed E-state index contributed by atoms with van der Waals surface area (Å²) in [5, 5.41) is 3.50. The molecule has 0 saturated carbocycles. The first kappa shape index (κ1) is 17.9. The molecule has 0 amide bonds. The molecule has 0 aromatic carbocycles. The largest absolute Gasteiger partial charge is 0.316 e. The highest BCUT2D eigenvalue weighted by atomic mass is 15.2. The minimum absolute atomic E-state index is 0.355. The van der Waals surface area contributed by atoms with E-state index in [2.05, 4.69) is 58.7 Å². The first-order valence-corrected chi connectivity index (χ1v) is 7.81. The van der Waals surface area contributed by atoms with Crippen molar-refractivity contribution in [3.63, 3.8) is 0 Å². The standard InChI is InChI=1S/C16H36N2/c1-8-15(9-2)18(11-14(4)5)13-16(6,7)12-17-10-3/h14-15,17H,8-13H2,1-7H3. The summed E-state index contributed by atoms with van der Waals surface area (Å²) >= 11 is 0. The molecule has 0 heterocycles. The van der Waals surface area contributed by atoms with Crippen molar-refractivity contribution in [1.29, 1.82) is 0 Å². The zero-order chi connectivity index (χ0) is 14.2. The third-order valence-electron chi connectivity index (χ3n) is 3.54. The molecule has 0 saturated heterocycles. The van der Waals surface area contributed by atoms with Crippen molar-refractivity contribution < 1.29 is 0 Å². The van der Waals surface area contributed by atoms with E-state index in [-0.39, 0.29) is 0 Å². The molecule has 18 heavy (non-hydrogen) atoms. The Bertz CT molecular complexity index is 195. The molecule has 0 aliphatic heterocycles. The zero-order valence-corrected chi connectivity index (χ0v) is 13.8. The zero-order valence-electron chi connectivity index (χ0n) is 13.8. The summed E-state index contributed by atoms with van der Waals surface area (Å²) < 4.78 is 0. The Morgan fingerprint density at radius 1 is 1.06 bits per heavy atom. The summed E-state index contributed by atoms with van der Waals surface area (Å²) in [6.45, 7) is 20.8. The van der Waals surface area contributed by atoms with Crippen LogP contribution in [0.3, 0.4) is 0 Å². The Labute approximate surface area is 116 Å². The molecular weight excluding hydrogens is 220 g/mol. The fourth-order valence-electron chi connectivity index (χ4n) is 2.69. The molecule has 0 bridgehead atoms. The van der Waals surface area contributed by atoms with Crippen molar-refractivity contribution in [3.8, 4) is 0 Å². The molecule has 1 N–H and O–H groups in total. The normalized spacial score (nSPS) is 13.0. The van der Waals surface area contributed by atoms with Gasteiger partial charge in [0.15, 0.2) is 0 Å². The molecule has 2 nitrogen and oxygen atoms in total. The van der Waals surface area contributed by atoms with Crippen LogP contribution in [0, 0.1) is 11.3 Å². The van der Waals surface area contributed by atoms with Crippen LogP contribution in [0.5, 0.6) is 0 Å². The van der Waals surface area contributed by atoms with Crippen molar-refractivity contribution in [2.45, 2.75) is 67.3 Å². The van der Waals surface area contributed by atoms with E-state index in [0.717, 1.165) is 25.0 Å². The molecule has 0 rings (SSSR count). The van der Waals surface area contributed by atoms with Crippen LogP contribution in [0.1, 0.15) is 61.3 Å². The van der Waals surface area contributed by atoms with E-state index in [1.165, 1.54) is 25.9 Å². The maximum Gasteiger partial charge on any atom is 0.00903 e. The van der Waals surface area contributed by atoms with Crippen LogP contribution in [0.4, 0.5) is 0 Å². The molecule has 2 heteroatoms. The average Bonchev–Trinajstić information content (AvgIpc) is 2.26. The Hall–Kier alpha value is -0.0800. The highest BCUT2D eigenvalue weighted by Gasteiger charge is 2.25. The van der Waals surface area contributed by atoms with Gasteiger partial charge in [-0.1, -0.05) is 48.5 Å². The molecule has 0 fully saturated rings. The van der Waals surface area contributed by atoms with E-state index in [9.17, 15) is 0 Å². The van der Waals surface area contributed by atoms with Crippen molar-refractivity contribution in [2.24, 2.45) is 11.3 Å². The Balaban J connectivity index is 4.55. The predicted molar refractivity (Wildman–Crippen MR) is 83.1 cm³/mol. The second-order valence-corrected chi connectivity index (χ2v) is 6.74. The van der Waals surface area contributed by atoms with Gasteiger partial charge < -0.3 is 5.32 Å². The highest BCUT2D eigenvalue weighted by Crippen LogP contribution is 2.21. The van der Waals surface area contributed by atoms with Crippen LogP contribution in [0.2, 0.25) is 0 Å². The van der Waals surface area contributed by atoms with Crippen LogP contribution in [-0.4, -0.2) is 37.1 Å². The molecule has 0 radical (unpaired) electrons. The summed E-state index contributed by atoms with van der Waals surface area (Å²) in [4.78, 5) is 2.71. The molecule has 0 spiro atoms. The van der Waals surface area contributed by atoms with Gasteiger partial charge in [-0.25, -0.2) is 0 Å². The van der Waals surface area contributed by atoms with Crippen LogP contribution in [0.25, 0.3) is 0 Å². The van der Waals surface area contributed by atoms with E-state index >= 15 is 0 Å². The second kappa shape index (κ2) is 8.92. The summed E-state index contributed by atoms with van der Waals surface area (Å²) in [6.07, 6.45) is 2.53. The van der Waals surface area contributed by atoms with E-state index in [4.69, 9.17) is 0 Å². The van der Waals surface area contributed by atoms with Gasteiger partial charge in [0, 0.05) is 25.7 Å². The lowest BCUT2D eigenvalue weighted by Crippen LogP contribution is -2.46. The Morgan fingerprint density at radius 3 is 2.00 bits per heavy atom. The monoisotopic (exact) mass is 256 g/mol. The summed E-state index contributed by atoms with van der Waals surface area (Å²) in [5.74, 6) is 0.750. The van der Waals surface area contributed by atoms with Crippen LogP contribution < -0.4 is 5.32 Å². The van der Waals surface area contributed by atoms with E-state index in [1.807, 2.05) is 0 Å². The van der Waals surface area contributed by atoms with Gasteiger partial charge in [-0.2, -0.15) is 0 Å². The molecule has 0 aliphatic rings. The SMILES string of the molecule is CCNCC(C)(C)CN(CC(C)C)C(CC)CC. The molecule has 0 unspecified atom stereocenters. The fourth-order valence-corrected chi connectivity index (χ4v) is 2.69. The Morgan fingerprint density at radius 2 is 1.61 bits per heavy atom. The van der Waals surface area contributed by atoms with E-state index < -0.39 is 0 Å². The summed E-state index contributed by atoms with van der Waals surface area (Å²) in [5.41, 5.74) is 0.355. The van der Waals surface area contributed by atoms with Crippen molar-refractivity contribution >= 4 is 0 Å². The smallest absolute Gasteiger partial charge is 0.00903 e. The number of rotatable bonds is 10. The topological polar surface area (TPSA) is 15.3 Å². The molecule has 110 valence electrons. The van der Waals surface area contributed by atoms with Crippen LogP contribution in [-0.2, 0) is 0 Å². The number of hydrogen-bond donors (Lipinski definition) is 1. The first-order valence-electron chi connectivity index (χ1n) is 7.81. The lowest BCUT2D eigenvalue weighted by molar-refractivity contribution is 0.108. The molecule has 0 aromatic rings. The third-order valence-corrected chi connectivity index (χ3v) is 3.54. The minimum Gasteiger partial charge on any atom is -0.316 e. The molecular formula is C16H36N2. The number of nitrogens with one attached hydrogen (secondary N) is 1. The van der Waals surface area contributed by atoms with Gasteiger partial charge in [0.2, 0.25) is 0 Å². The van der Waals surface area contributed by atoms with Gasteiger partial charge in [-0.05, 0) is 30.7 Å². The van der Waals surface area contributed by atoms with Gasteiger partial charge >= 0.3 is 0 Å². The molecule has 0 aromatic heterocycles. The number of hydrogen-bond acceptors (Lipinski definition) is 2. The Kier molecular flexibility index (Phi) is 8.89. The minimum atomic E-state index is 0.355. The van der Waals surface area contributed by atoms with Crippen LogP contribution >= 0.6 is 0 Å². The quantitative estimate of drug-likeness (QED) is 0.640. The molecule has 0 aliphatic carbocycles. The predicted octanol–water partition coefficient (Wildman–Crippen LogP) is 3.77. The highest BCUT2D eigenvalue weighted by molar-refractivity contribution is 4.80. The summed E-state index contributed by atoms with van der Waals surface area (Å²) in [7, 11) is 0. The van der Waals surface area contributed by atoms with E-state index in [1.54, 1.807) is 0 Å². The third kappa shape index (κ3) is 7.38. The number of nitrogens with zero attached hydrogens (tertiary/aromatic N) is 1. The van der Waals surface area contributed by atoms with Gasteiger partial charge in [-0.15, -0.1) is 0 Å². The van der Waals surface area contributed by atoms with Gasteiger partial charge in [-0.3, -0.25) is 4.90 Å².